The molecule has 0 aromatic carbocycles. The minimum absolute atomic E-state index is 0.0660. The molecule has 0 aromatic rings. The fraction of sp³-hybridized carbons (Fsp3) is 0.667. The second-order valence-electron chi connectivity index (χ2n) is 2.38. The van der Waals surface area contributed by atoms with E-state index in [0.717, 1.165) is 0 Å². The smallest absolute Gasteiger partial charge is 0.219 e. The van der Waals surface area contributed by atoms with Crippen molar-refractivity contribution in [1.29, 1.82) is 0 Å². The van der Waals surface area contributed by atoms with Crippen molar-refractivity contribution >= 4 is 11.7 Å². The van der Waals surface area contributed by atoms with Crippen molar-refractivity contribution in [2.45, 2.75) is 13.0 Å². The van der Waals surface area contributed by atoms with E-state index in [4.69, 9.17) is 5.11 Å². The Bertz CT molecular complexity index is 178. The van der Waals surface area contributed by atoms with Gasteiger partial charge in [-0.05, 0) is 0 Å². The van der Waals surface area contributed by atoms with Crippen molar-refractivity contribution in [1.82, 2.24) is 4.90 Å². The standard InChI is InChI=1S/C6H9NO3/c1-4(8)7-2-5(9)6(10)3-7/h5,9H,2-3H2,1H3/t5-/m0/s1. The molecule has 0 aliphatic carbocycles. The van der Waals surface area contributed by atoms with E-state index in [1.807, 2.05) is 0 Å². The van der Waals surface area contributed by atoms with Gasteiger partial charge in [0, 0.05) is 6.92 Å². The van der Waals surface area contributed by atoms with Gasteiger partial charge >= 0.3 is 0 Å². The zero-order valence-corrected chi connectivity index (χ0v) is 5.70. The first kappa shape index (κ1) is 7.21. The molecule has 1 atom stereocenters. The SMILES string of the molecule is CC(=O)N1CC(=O)[C@@H](O)C1. The number of hydrogen-bond acceptors (Lipinski definition) is 3. The summed E-state index contributed by atoms with van der Waals surface area (Å²) in [5.41, 5.74) is 0. The monoisotopic (exact) mass is 143 g/mol. The van der Waals surface area contributed by atoms with Gasteiger partial charge in [-0.3, -0.25) is 9.59 Å². The molecule has 0 saturated carbocycles. The molecular formula is C6H9NO3. The van der Waals surface area contributed by atoms with Crippen LogP contribution in [0.25, 0.3) is 0 Å². The molecule has 1 amide bonds. The summed E-state index contributed by atoms with van der Waals surface area (Å²) in [6, 6.07) is 0. The Balaban J connectivity index is 2.57. The van der Waals surface area contributed by atoms with Gasteiger partial charge in [0.1, 0.15) is 6.10 Å². The summed E-state index contributed by atoms with van der Waals surface area (Å²) in [6.45, 7) is 1.61. The van der Waals surface area contributed by atoms with E-state index in [1.54, 1.807) is 0 Å². The summed E-state index contributed by atoms with van der Waals surface area (Å²) in [4.78, 5) is 22.6. The summed E-state index contributed by atoms with van der Waals surface area (Å²) in [5.74, 6) is -0.430. The zero-order valence-electron chi connectivity index (χ0n) is 5.70. The maximum atomic E-state index is 10.6. The Morgan fingerprint density at radius 2 is 2.40 bits per heavy atom. The van der Waals surface area contributed by atoms with E-state index in [2.05, 4.69) is 0 Å². The van der Waals surface area contributed by atoms with Gasteiger partial charge in [-0.1, -0.05) is 0 Å². The van der Waals surface area contributed by atoms with Crippen LogP contribution in [0, 0.1) is 0 Å². The summed E-state index contributed by atoms with van der Waals surface area (Å²) in [7, 11) is 0. The van der Waals surface area contributed by atoms with Crippen LogP contribution in [0.5, 0.6) is 0 Å². The predicted octanol–water partition coefficient (Wildman–Crippen LogP) is -1.22. The highest BCUT2D eigenvalue weighted by Crippen LogP contribution is 2.04. The third kappa shape index (κ3) is 1.16. The lowest BCUT2D eigenvalue weighted by Gasteiger charge is -2.09. The van der Waals surface area contributed by atoms with Gasteiger partial charge in [-0.15, -0.1) is 0 Å². The van der Waals surface area contributed by atoms with Crippen LogP contribution in [0.15, 0.2) is 0 Å². The highest BCUT2D eigenvalue weighted by molar-refractivity contribution is 5.91. The largest absolute Gasteiger partial charge is 0.383 e. The Kier molecular flexibility index (Phi) is 1.72. The first-order valence-electron chi connectivity index (χ1n) is 3.07. The van der Waals surface area contributed by atoms with E-state index in [1.165, 1.54) is 11.8 Å². The van der Waals surface area contributed by atoms with E-state index < -0.39 is 6.10 Å². The molecule has 1 heterocycles. The van der Waals surface area contributed by atoms with E-state index in [-0.39, 0.29) is 24.8 Å². The minimum atomic E-state index is -0.955. The minimum Gasteiger partial charge on any atom is -0.383 e. The van der Waals surface area contributed by atoms with Crippen molar-refractivity contribution in [3.63, 3.8) is 0 Å². The van der Waals surface area contributed by atoms with Gasteiger partial charge in [0.2, 0.25) is 5.91 Å². The quantitative estimate of drug-likeness (QED) is 0.462. The summed E-state index contributed by atoms with van der Waals surface area (Å²) in [5, 5.41) is 8.87. The van der Waals surface area contributed by atoms with E-state index in [9.17, 15) is 9.59 Å². The van der Waals surface area contributed by atoms with Crippen LogP contribution in [0.2, 0.25) is 0 Å². The molecule has 0 radical (unpaired) electrons. The maximum Gasteiger partial charge on any atom is 0.219 e. The number of amides is 1. The Morgan fingerprint density at radius 3 is 2.60 bits per heavy atom. The van der Waals surface area contributed by atoms with Gasteiger partial charge in [-0.25, -0.2) is 0 Å². The van der Waals surface area contributed by atoms with Crippen LogP contribution in [0.4, 0.5) is 0 Å². The molecule has 0 unspecified atom stereocenters. The summed E-state index contributed by atoms with van der Waals surface area (Å²) >= 11 is 0. The van der Waals surface area contributed by atoms with Gasteiger partial charge in [0.15, 0.2) is 5.78 Å². The molecule has 1 N–H and O–H groups in total. The Morgan fingerprint density at radius 1 is 1.80 bits per heavy atom. The second kappa shape index (κ2) is 2.38. The van der Waals surface area contributed by atoms with Crippen LogP contribution in [-0.2, 0) is 9.59 Å². The highest BCUT2D eigenvalue weighted by atomic mass is 16.3. The molecule has 4 nitrogen and oxygen atoms in total. The Labute approximate surface area is 58.4 Å². The molecule has 1 fully saturated rings. The molecule has 1 aliphatic rings. The average molecular weight is 143 g/mol. The molecular weight excluding hydrogens is 134 g/mol. The van der Waals surface area contributed by atoms with Gasteiger partial charge in [0.05, 0.1) is 13.1 Å². The van der Waals surface area contributed by atoms with Crippen molar-refractivity contribution in [3.05, 3.63) is 0 Å². The number of β-amino-alcohol motifs (C(OH)–C–C–N with tert-alkyl or cyclic N) is 1. The predicted molar refractivity (Wildman–Crippen MR) is 33.3 cm³/mol. The number of carbonyl (C=O) groups is 2. The third-order valence-electron chi connectivity index (χ3n) is 1.56. The van der Waals surface area contributed by atoms with Crippen LogP contribution in [0.3, 0.4) is 0 Å². The molecule has 0 bridgehead atoms. The molecule has 0 spiro atoms. The number of likely N-dealkylation sites (tertiary alicyclic amines) is 1. The number of aliphatic hydroxyl groups is 1. The molecule has 1 aliphatic heterocycles. The van der Waals surface area contributed by atoms with Crippen LogP contribution < -0.4 is 0 Å². The lowest BCUT2D eigenvalue weighted by atomic mass is 10.3. The van der Waals surface area contributed by atoms with Crippen molar-refractivity contribution in [2.24, 2.45) is 0 Å². The van der Waals surface area contributed by atoms with Gasteiger partial charge < -0.3 is 10.0 Å². The van der Waals surface area contributed by atoms with Crippen molar-refractivity contribution in [2.75, 3.05) is 13.1 Å². The van der Waals surface area contributed by atoms with Crippen molar-refractivity contribution in [3.8, 4) is 0 Å². The third-order valence-corrected chi connectivity index (χ3v) is 1.56. The second-order valence-corrected chi connectivity index (χ2v) is 2.38. The normalized spacial score (nSPS) is 25.6. The number of Topliss-reactive ketones (excluding diaryl/α,β-unsaturated/α-hetero) is 1. The number of rotatable bonds is 0. The van der Waals surface area contributed by atoms with Crippen LogP contribution in [0.1, 0.15) is 6.92 Å². The van der Waals surface area contributed by atoms with E-state index in [0.29, 0.717) is 0 Å². The van der Waals surface area contributed by atoms with E-state index >= 15 is 0 Å². The van der Waals surface area contributed by atoms with Crippen LogP contribution in [-0.4, -0.2) is 40.9 Å². The number of aliphatic hydroxyl groups excluding tert-OH is 1. The molecule has 4 heteroatoms. The van der Waals surface area contributed by atoms with Crippen LogP contribution >= 0.6 is 0 Å². The first-order chi connectivity index (χ1) is 4.61. The number of nitrogens with zero attached hydrogens (tertiary/aromatic N) is 1. The van der Waals surface area contributed by atoms with Gasteiger partial charge in [-0.2, -0.15) is 0 Å². The lowest BCUT2D eigenvalue weighted by Crippen LogP contribution is -2.26. The fourth-order valence-corrected chi connectivity index (χ4v) is 0.908. The maximum absolute atomic E-state index is 10.6. The first-order valence-corrected chi connectivity index (χ1v) is 3.07. The molecule has 0 aromatic heterocycles. The molecule has 10 heavy (non-hydrogen) atoms. The lowest BCUT2D eigenvalue weighted by molar-refractivity contribution is -0.129. The summed E-state index contributed by atoms with van der Waals surface area (Å²) < 4.78 is 0. The van der Waals surface area contributed by atoms with Crippen molar-refractivity contribution < 1.29 is 14.7 Å². The number of ketones is 1. The molecule has 1 saturated heterocycles. The van der Waals surface area contributed by atoms with Gasteiger partial charge in [0.25, 0.3) is 0 Å². The number of hydrogen-bond donors (Lipinski definition) is 1. The molecule has 56 valence electrons. The fourth-order valence-electron chi connectivity index (χ4n) is 0.908. The molecule has 1 rings (SSSR count). The average Bonchev–Trinajstić information content (AvgIpc) is 2.13. The zero-order chi connectivity index (χ0) is 7.72. The Hall–Kier alpha value is -0.900. The topological polar surface area (TPSA) is 57.6 Å². The highest BCUT2D eigenvalue weighted by Gasteiger charge is 2.29. The number of carbonyl (C=O) groups excluding carboxylic acids is 2. The summed E-state index contributed by atoms with van der Waals surface area (Å²) in [6.07, 6.45) is -0.955.